The van der Waals surface area contributed by atoms with E-state index >= 15 is 0 Å². The third-order valence-electron chi connectivity index (χ3n) is 4.41. The molecule has 0 aromatic heterocycles. The largest absolute Gasteiger partial charge is 0.333 e. The van der Waals surface area contributed by atoms with E-state index in [1.807, 2.05) is 0 Å². The van der Waals surface area contributed by atoms with E-state index in [0.29, 0.717) is 21.7 Å². The number of nitrogens with one attached hydrogen (secondary N) is 1. The van der Waals surface area contributed by atoms with E-state index in [2.05, 4.69) is 5.32 Å². The minimum absolute atomic E-state index is 0.258. The summed E-state index contributed by atoms with van der Waals surface area (Å²) in [5, 5.41) is 3.63. The Hall–Kier alpha value is -0.620. The van der Waals surface area contributed by atoms with Crippen molar-refractivity contribution in [1.82, 2.24) is 4.31 Å². The molecule has 3 atom stereocenters. The van der Waals surface area contributed by atoms with Crippen LogP contribution >= 0.6 is 35.4 Å². The fourth-order valence-electron chi connectivity index (χ4n) is 3.23. The summed E-state index contributed by atoms with van der Waals surface area (Å²) < 4.78 is 7.29. The molecule has 0 spiro atoms. The van der Waals surface area contributed by atoms with Gasteiger partial charge in [-0.2, -0.15) is 0 Å². The van der Waals surface area contributed by atoms with Crippen molar-refractivity contribution < 1.29 is 8.98 Å². The number of urea groups is 1. The van der Waals surface area contributed by atoms with Crippen LogP contribution in [0.2, 0.25) is 10.0 Å². The third-order valence-corrected chi connectivity index (χ3v) is 5.87. The molecule has 2 saturated carbocycles. The molecule has 1 aromatic carbocycles. The second kappa shape index (κ2) is 6.87. The maximum absolute atomic E-state index is 12.1. The van der Waals surface area contributed by atoms with E-state index < -0.39 is 0 Å². The molecule has 2 aliphatic rings. The highest BCUT2D eigenvalue weighted by Crippen LogP contribution is 2.47. The molecule has 2 aliphatic carbocycles. The molecule has 0 aliphatic heterocycles. The lowest BCUT2D eigenvalue weighted by molar-refractivity contribution is 0.160. The quantitative estimate of drug-likeness (QED) is 0.590. The molecule has 3 rings (SSSR count). The van der Waals surface area contributed by atoms with E-state index in [1.165, 1.54) is 23.6 Å². The molecule has 3 unspecified atom stereocenters. The number of nitrogens with zero attached hydrogens (tertiary/aromatic N) is 1. The van der Waals surface area contributed by atoms with Crippen LogP contribution < -0.4 is 5.32 Å². The lowest BCUT2D eigenvalue weighted by atomic mass is 9.98. The Balaban J connectivity index is 1.48. The van der Waals surface area contributed by atoms with Gasteiger partial charge in [0.05, 0.1) is 16.1 Å². The highest BCUT2D eigenvalue weighted by atomic mass is 35.5. The van der Waals surface area contributed by atoms with Crippen LogP contribution in [-0.2, 0) is 4.18 Å². The van der Waals surface area contributed by atoms with Gasteiger partial charge in [-0.15, -0.1) is 0 Å². The number of fused-ring (bicyclic) bond motifs is 2. The molecule has 4 nitrogen and oxygen atoms in total. The lowest BCUT2D eigenvalue weighted by Crippen LogP contribution is -2.28. The van der Waals surface area contributed by atoms with Crippen molar-refractivity contribution in [3.8, 4) is 0 Å². The van der Waals surface area contributed by atoms with Crippen LogP contribution in [0.15, 0.2) is 18.2 Å². The standard InChI is InChI=1S/C15H18Cl2N2O2S/c1-19(22-21-14-7-9-2-3-10(14)6-9)15(20)18-11-4-5-12(16)13(17)8-11/h4-5,8-10,14H,2-3,6-7H2,1H3,(H,18,20). The molecule has 1 aromatic rings. The first-order valence-electron chi connectivity index (χ1n) is 7.36. The number of hydrogen-bond donors (Lipinski definition) is 1. The summed E-state index contributed by atoms with van der Waals surface area (Å²) in [6.45, 7) is 0. The fraction of sp³-hybridized carbons (Fsp3) is 0.533. The Kier molecular flexibility index (Phi) is 5.07. The SMILES string of the molecule is CN(SOC1CC2CCC1C2)C(=O)Nc1ccc(Cl)c(Cl)c1. The molecule has 7 heteroatoms. The number of halogens is 2. The van der Waals surface area contributed by atoms with Gasteiger partial charge in [-0.05, 0) is 55.7 Å². The van der Waals surface area contributed by atoms with E-state index in [1.54, 1.807) is 25.2 Å². The Morgan fingerprint density at radius 2 is 2.14 bits per heavy atom. The zero-order valence-corrected chi connectivity index (χ0v) is 14.5. The average molecular weight is 361 g/mol. The van der Waals surface area contributed by atoms with Gasteiger partial charge in [0.1, 0.15) is 12.2 Å². The fourth-order valence-corrected chi connectivity index (χ4v) is 4.12. The molecule has 120 valence electrons. The maximum Gasteiger partial charge on any atom is 0.333 e. The van der Waals surface area contributed by atoms with Crippen LogP contribution in [0.25, 0.3) is 0 Å². The van der Waals surface area contributed by atoms with Gasteiger partial charge in [0.2, 0.25) is 0 Å². The van der Waals surface area contributed by atoms with E-state index in [4.69, 9.17) is 27.4 Å². The predicted molar refractivity (Wildman–Crippen MR) is 91.2 cm³/mol. The second-order valence-electron chi connectivity index (χ2n) is 5.94. The molecule has 2 bridgehead atoms. The van der Waals surface area contributed by atoms with Gasteiger partial charge < -0.3 is 5.32 Å². The van der Waals surface area contributed by atoms with Crippen LogP contribution in [0.5, 0.6) is 0 Å². The van der Waals surface area contributed by atoms with Gasteiger partial charge in [0.15, 0.2) is 0 Å². The number of hydrogen-bond acceptors (Lipinski definition) is 3. The Morgan fingerprint density at radius 3 is 2.77 bits per heavy atom. The van der Waals surface area contributed by atoms with Crippen molar-refractivity contribution in [3.05, 3.63) is 28.2 Å². The Labute approximate surface area is 144 Å². The maximum atomic E-state index is 12.1. The monoisotopic (exact) mass is 360 g/mol. The summed E-state index contributed by atoms with van der Waals surface area (Å²) in [4.78, 5) is 12.1. The van der Waals surface area contributed by atoms with Gasteiger partial charge in [0, 0.05) is 12.7 Å². The van der Waals surface area contributed by atoms with Crippen LogP contribution in [0.3, 0.4) is 0 Å². The van der Waals surface area contributed by atoms with Gasteiger partial charge in [-0.1, -0.05) is 23.2 Å². The average Bonchev–Trinajstić information content (AvgIpc) is 3.11. The van der Waals surface area contributed by atoms with Gasteiger partial charge in [-0.3, -0.25) is 4.18 Å². The number of anilines is 1. The summed E-state index contributed by atoms with van der Waals surface area (Å²) in [5.41, 5.74) is 0.603. The molecular formula is C15H18Cl2N2O2S. The molecule has 22 heavy (non-hydrogen) atoms. The normalized spacial score (nSPS) is 26.2. The summed E-state index contributed by atoms with van der Waals surface area (Å²) in [7, 11) is 1.69. The number of amides is 2. The van der Waals surface area contributed by atoms with Crippen LogP contribution in [0.4, 0.5) is 10.5 Å². The van der Waals surface area contributed by atoms with Crippen molar-refractivity contribution in [2.75, 3.05) is 12.4 Å². The van der Waals surface area contributed by atoms with Crippen molar-refractivity contribution in [2.45, 2.75) is 31.8 Å². The lowest BCUT2D eigenvalue weighted by Gasteiger charge is -2.23. The Morgan fingerprint density at radius 1 is 1.32 bits per heavy atom. The molecule has 0 heterocycles. The second-order valence-corrected chi connectivity index (χ2v) is 7.64. The number of rotatable bonds is 4. The van der Waals surface area contributed by atoms with Gasteiger partial charge in [-0.25, -0.2) is 9.10 Å². The molecule has 0 saturated heterocycles. The zero-order chi connectivity index (χ0) is 15.7. The van der Waals surface area contributed by atoms with Gasteiger partial charge in [0.25, 0.3) is 0 Å². The molecule has 2 fully saturated rings. The summed E-state index contributed by atoms with van der Waals surface area (Å²) in [6.07, 6.45) is 5.28. The smallest absolute Gasteiger partial charge is 0.307 e. The molecular weight excluding hydrogens is 343 g/mol. The minimum Gasteiger partial charge on any atom is -0.307 e. The van der Waals surface area contributed by atoms with Gasteiger partial charge >= 0.3 is 6.03 Å². The highest BCUT2D eigenvalue weighted by molar-refractivity contribution is 7.92. The summed E-state index contributed by atoms with van der Waals surface area (Å²) >= 11 is 12.9. The molecule has 2 amide bonds. The van der Waals surface area contributed by atoms with Crippen molar-refractivity contribution in [1.29, 1.82) is 0 Å². The predicted octanol–water partition coefficient (Wildman–Crippen LogP) is 5.23. The minimum atomic E-state index is -0.258. The summed E-state index contributed by atoms with van der Waals surface area (Å²) in [5.74, 6) is 1.50. The number of carbonyl (C=O) groups excluding carboxylic acids is 1. The van der Waals surface area contributed by atoms with Crippen LogP contribution in [-0.4, -0.2) is 23.5 Å². The zero-order valence-electron chi connectivity index (χ0n) is 12.2. The Bertz CT molecular complexity index is 572. The number of carbonyl (C=O) groups is 1. The first-order valence-corrected chi connectivity index (χ1v) is 8.81. The first kappa shape index (κ1) is 16.2. The topological polar surface area (TPSA) is 41.6 Å². The molecule has 0 radical (unpaired) electrons. The third kappa shape index (κ3) is 3.65. The van der Waals surface area contributed by atoms with Crippen molar-refractivity contribution in [2.24, 2.45) is 11.8 Å². The van der Waals surface area contributed by atoms with Crippen LogP contribution in [0.1, 0.15) is 25.7 Å². The first-order chi connectivity index (χ1) is 10.5. The van der Waals surface area contributed by atoms with Crippen LogP contribution in [0, 0.1) is 11.8 Å². The van der Waals surface area contributed by atoms with Crippen molar-refractivity contribution >= 4 is 47.1 Å². The van der Waals surface area contributed by atoms with Crippen molar-refractivity contribution in [3.63, 3.8) is 0 Å². The number of benzene rings is 1. The van der Waals surface area contributed by atoms with E-state index in [9.17, 15) is 4.79 Å². The van der Waals surface area contributed by atoms with E-state index in [0.717, 1.165) is 24.6 Å². The molecule has 1 N–H and O–H groups in total. The van der Waals surface area contributed by atoms with E-state index in [-0.39, 0.29) is 12.1 Å². The highest BCUT2D eigenvalue weighted by Gasteiger charge is 2.40. The summed E-state index contributed by atoms with van der Waals surface area (Å²) in [6, 6.07) is 4.73.